The van der Waals surface area contributed by atoms with Crippen molar-refractivity contribution in [1.82, 2.24) is 4.57 Å². The fourth-order valence-electron chi connectivity index (χ4n) is 4.36. The molecule has 1 aliphatic rings. The van der Waals surface area contributed by atoms with Crippen molar-refractivity contribution in [2.75, 3.05) is 20.8 Å². The normalized spacial score (nSPS) is 15.5. The molecule has 0 spiro atoms. The molecule has 0 fully saturated rings. The lowest BCUT2D eigenvalue weighted by molar-refractivity contribution is -0.138. The highest BCUT2D eigenvalue weighted by atomic mass is 32.1. The second-order valence-electron chi connectivity index (χ2n) is 9.96. The zero-order valence-electron chi connectivity index (χ0n) is 22.5. The van der Waals surface area contributed by atoms with Gasteiger partial charge in [-0.05, 0) is 47.2 Å². The van der Waals surface area contributed by atoms with Crippen LogP contribution >= 0.6 is 11.3 Å². The third-order valence-corrected chi connectivity index (χ3v) is 7.35. The van der Waals surface area contributed by atoms with E-state index in [-0.39, 0.29) is 23.2 Å². The SMILES string of the molecule is C=CCOC(=O)C1=C(C)N=c2s/c(=C\c3ccc(C(C)(C)C)cc3)c(=O)n2C1c1ccc(OC)c(OC)c1. The van der Waals surface area contributed by atoms with E-state index in [0.29, 0.717) is 32.1 Å². The van der Waals surface area contributed by atoms with Crippen molar-refractivity contribution in [2.24, 2.45) is 4.99 Å². The van der Waals surface area contributed by atoms with Gasteiger partial charge in [-0.1, -0.05) is 75.1 Å². The van der Waals surface area contributed by atoms with Crippen LogP contribution in [0.1, 0.15) is 50.4 Å². The molecule has 1 atom stereocenters. The second kappa shape index (κ2) is 10.8. The van der Waals surface area contributed by atoms with Crippen LogP contribution in [-0.4, -0.2) is 31.4 Å². The molecule has 0 saturated heterocycles. The summed E-state index contributed by atoms with van der Waals surface area (Å²) >= 11 is 1.29. The number of esters is 1. The second-order valence-corrected chi connectivity index (χ2v) is 11.0. The average Bonchev–Trinajstić information content (AvgIpc) is 3.19. The van der Waals surface area contributed by atoms with Crippen LogP contribution in [0.2, 0.25) is 0 Å². The van der Waals surface area contributed by atoms with Gasteiger partial charge in [-0.2, -0.15) is 0 Å². The Bertz CT molecular complexity index is 1590. The molecule has 0 N–H and O–H groups in total. The fraction of sp³-hybridized carbons (Fsp3) is 0.300. The molecule has 3 aromatic rings. The molecule has 0 amide bonds. The minimum absolute atomic E-state index is 0.0332. The van der Waals surface area contributed by atoms with Crippen molar-refractivity contribution in [3.05, 3.63) is 103 Å². The van der Waals surface area contributed by atoms with E-state index in [1.807, 2.05) is 24.3 Å². The van der Waals surface area contributed by atoms with Gasteiger partial charge in [-0.3, -0.25) is 9.36 Å². The summed E-state index contributed by atoms with van der Waals surface area (Å²) in [6.07, 6.45) is 3.36. The van der Waals surface area contributed by atoms with Gasteiger partial charge in [-0.15, -0.1) is 0 Å². The molecule has 8 heteroatoms. The molecule has 38 heavy (non-hydrogen) atoms. The van der Waals surface area contributed by atoms with Crippen molar-refractivity contribution in [1.29, 1.82) is 0 Å². The first-order chi connectivity index (χ1) is 18.1. The molecule has 1 aromatic heterocycles. The summed E-state index contributed by atoms with van der Waals surface area (Å²) in [7, 11) is 3.09. The zero-order chi connectivity index (χ0) is 27.6. The maximum Gasteiger partial charge on any atom is 0.338 e. The number of ether oxygens (including phenoxy) is 3. The number of hydrogen-bond donors (Lipinski definition) is 0. The first-order valence-electron chi connectivity index (χ1n) is 12.2. The van der Waals surface area contributed by atoms with Crippen LogP contribution in [0, 0.1) is 0 Å². The van der Waals surface area contributed by atoms with E-state index in [9.17, 15) is 9.59 Å². The Morgan fingerprint density at radius 3 is 2.39 bits per heavy atom. The number of methoxy groups -OCH3 is 2. The van der Waals surface area contributed by atoms with Crippen LogP contribution in [-0.2, 0) is 14.9 Å². The molecule has 7 nitrogen and oxygen atoms in total. The van der Waals surface area contributed by atoms with Crippen LogP contribution in [0.15, 0.2) is 76.2 Å². The summed E-state index contributed by atoms with van der Waals surface area (Å²) in [4.78, 5) is 32.2. The molecule has 2 heterocycles. The number of carbonyl (C=O) groups is 1. The van der Waals surface area contributed by atoms with E-state index in [1.54, 1.807) is 37.8 Å². The Kier molecular flexibility index (Phi) is 7.73. The first kappa shape index (κ1) is 27.1. The van der Waals surface area contributed by atoms with Crippen LogP contribution < -0.4 is 24.4 Å². The zero-order valence-corrected chi connectivity index (χ0v) is 23.3. The van der Waals surface area contributed by atoms with Crippen molar-refractivity contribution < 1.29 is 19.0 Å². The summed E-state index contributed by atoms with van der Waals surface area (Å²) in [5.74, 6) is 0.469. The van der Waals surface area contributed by atoms with Gasteiger partial charge in [0.2, 0.25) is 0 Å². The van der Waals surface area contributed by atoms with Gasteiger partial charge < -0.3 is 14.2 Å². The van der Waals surface area contributed by atoms with Gasteiger partial charge in [0, 0.05) is 0 Å². The van der Waals surface area contributed by atoms with Crippen LogP contribution in [0.5, 0.6) is 11.5 Å². The Hall–Kier alpha value is -3.91. The number of hydrogen-bond acceptors (Lipinski definition) is 7. The summed E-state index contributed by atoms with van der Waals surface area (Å²) in [5.41, 5.74) is 3.36. The Balaban J connectivity index is 1.91. The van der Waals surface area contributed by atoms with Gasteiger partial charge in [0.15, 0.2) is 16.3 Å². The van der Waals surface area contributed by atoms with Gasteiger partial charge >= 0.3 is 5.97 Å². The molecule has 0 radical (unpaired) electrons. The molecule has 0 aliphatic carbocycles. The number of rotatable bonds is 7. The average molecular weight is 533 g/mol. The highest BCUT2D eigenvalue weighted by molar-refractivity contribution is 7.07. The highest BCUT2D eigenvalue weighted by Gasteiger charge is 2.34. The number of allylic oxidation sites excluding steroid dienone is 1. The van der Waals surface area contributed by atoms with E-state index in [2.05, 4.69) is 44.5 Å². The summed E-state index contributed by atoms with van der Waals surface area (Å²) in [5, 5.41) is 0. The van der Waals surface area contributed by atoms with Crippen LogP contribution in [0.4, 0.5) is 0 Å². The predicted octanol–water partition coefficient (Wildman–Crippen LogP) is 4.28. The van der Waals surface area contributed by atoms with Crippen LogP contribution in [0.25, 0.3) is 6.08 Å². The Labute approximate surface area is 226 Å². The quantitative estimate of drug-likeness (QED) is 0.335. The number of nitrogens with zero attached hydrogens (tertiary/aromatic N) is 2. The van der Waals surface area contributed by atoms with E-state index >= 15 is 0 Å². The van der Waals surface area contributed by atoms with Crippen molar-refractivity contribution in [3.8, 4) is 11.5 Å². The van der Waals surface area contributed by atoms with E-state index in [1.165, 1.54) is 23.0 Å². The van der Waals surface area contributed by atoms with Gasteiger partial charge in [0.25, 0.3) is 5.56 Å². The number of benzene rings is 2. The van der Waals surface area contributed by atoms with E-state index < -0.39 is 12.0 Å². The largest absolute Gasteiger partial charge is 0.493 e. The molecule has 1 unspecified atom stereocenters. The summed E-state index contributed by atoms with van der Waals surface area (Å²) < 4.78 is 18.4. The van der Waals surface area contributed by atoms with Crippen molar-refractivity contribution in [3.63, 3.8) is 0 Å². The molecule has 0 saturated carbocycles. The number of carbonyl (C=O) groups excluding carboxylic acids is 1. The molecule has 1 aliphatic heterocycles. The third kappa shape index (κ3) is 5.22. The number of thiazole rings is 1. The molecular formula is C30H32N2O5S. The number of fused-ring (bicyclic) bond motifs is 1. The summed E-state index contributed by atoms with van der Waals surface area (Å²) in [6.45, 7) is 11.9. The van der Waals surface area contributed by atoms with Gasteiger partial charge in [-0.25, -0.2) is 9.79 Å². The monoisotopic (exact) mass is 532 g/mol. The lowest BCUT2D eigenvalue weighted by Gasteiger charge is -2.25. The van der Waals surface area contributed by atoms with Crippen molar-refractivity contribution in [2.45, 2.75) is 39.2 Å². The van der Waals surface area contributed by atoms with Gasteiger partial charge in [0.1, 0.15) is 6.61 Å². The molecular weight excluding hydrogens is 500 g/mol. The lowest BCUT2D eigenvalue weighted by Crippen LogP contribution is -2.40. The molecule has 0 bridgehead atoms. The van der Waals surface area contributed by atoms with Crippen molar-refractivity contribution >= 4 is 23.4 Å². The maximum atomic E-state index is 13.8. The lowest BCUT2D eigenvalue weighted by atomic mass is 9.87. The van der Waals surface area contributed by atoms with E-state index in [4.69, 9.17) is 14.2 Å². The first-order valence-corrected chi connectivity index (χ1v) is 13.0. The molecule has 198 valence electrons. The Morgan fingerprint density at radius 2 is 1.79 bits per heavy atom. The van der Waals surface area contributed by atoms with E-state index in [0.717, 1.165) is 5.56 Å². The topological polar surface area (TPSA) is 79.1 Å². The molecule has 2 aromatic carbocycles. The predicted molar refractivity (Wildman–Crippen MR) is 150 cm³/mol. The smallest absolute Gasteiger partial charge is 0.338 e. The minimum Gasteiger partial charge on any atom is -0.493 e. The van der Waals surface area contributed by atoms with Crippen LogP contribution in [0.3, 0.4) is 0 Å². The van der Waals surface area contributed by atoms with Gasteiger partial charge in [0.05, 0.1) is 36.1 Å². The number of aromatic nitrogens is 1. The maximum absolute atomic E-state index is 13.8. The highest BCUT2D eigenvalue weighted by Crippen LogP contribution is 2.36. The third-order valence-electron chi connectivity index (χ3n) is 6.37. The Morgan fingerprint density at radius 1 is 1.11 bits per heavy atom. The standard InChI is InChI=1S/C30H32N2O5S/c1-8-15-37-28(34)25-18(2)31-29-32(26(25)20-11-14-22(35-6)23(17-20)36-7)27(33)24(38-29)16-19-9-12-21(13-10-19)30(3,4)5/h8-14,16-17,26H,1,15H2,2-7H3/b24-16-. The molecule has 4 rings (SSSR count). The summed E-state index contributed by atoms with van der Waals surface area (Å²) in [6, 6.07) is 12.7. The minimum atomic E-state index is -0.756. The fourth-order valence-corrected chi connectivity index (χ4v) is 5.41.